The average Bonchev–Trinajstić information content (AvgIpc) is 2.17. The molecule has 0 radical (unpaired) electrons. The van der Waals surface area contributed by atoms with Crippen molar-refractivity contribution in [2.24, 2.45) is 0 Å². The van der Waals surface area contributed by atoms with Gasteiger partial charge in [-0.2, -0.15) is 8.42 Å². The Morgan fingerprint density at radius 2 is 1.69 bits per heavy atom. The fourth-order valence-electron chi connectivity index (χ4n) is 1.27. The van der Waals surface area contributed by atoms with Gasteiger partial charge >= 0.3 is 10.4 Å². The van der Waals surface area contributed by atoms with Crippen LogP contribution in [0.25, 0.3) is 0 Å². The Morgan fingerprint density at radius 3 is 2.12 bits per heavy atom. The Balaban J connectivity index is 2.79. The van der Waals surface area contributed by atoms with Gasteiger partial charge in [-0.1, -0.05) is 0 Å². The molecule has 5 N–H and O–H groups in total. The molecule has 96 valence electrons. The molecule has 0 aromatic rings. The maximum Gasteiger partial charge on any atom is 0.399 e. The standard InChI is InChI=1S/C6H12O9S/c7-1-2-3(8)4(9)5(10)6(14-2)15-16(11,12)13/h2-10H,1H2,(H,11,12,13)/t2-,3-,4+,5+,6-/m1/s1. The molecule has 1 aliphatic rings. The van der Waals surface area contributed by atoms with Crippen LogP contribution in [-0.4, -0.2) is 70.7 Å². The summed E-state index contributed by atoms with van der Waals surface area (Å²) in [7, 11) is -4.89. The van der Waals surface area contributed by atoms with Gasteiger partial charge in [0.05, 0.1) is 6.61 Å². The quantitative estimate of drug-likeness (QED) is 0.327. The number of hydrogen-bond acceptors (Lipinski definition) is 8. The molecule has 1 rings (SSSR count). The highest BCUT2D eigenvalue weighted by Crippen LogP contribution is 2.22. The molecule has 1 heterocycles. The summed E-state index contributed by atoms with van der Waals surface area (Å²) in [6.45, 7) is -0.726. The molecule has 5 atom stereocenters. The lowest BCUT2D eigenvalue weighted by atomic mass is 10.00. The molecule has 10 heteroatoms. The van der Waals surface area contributed by atoms with Crippen molar-refractivity contribution >= 4 is 10.4 Å². The summed E-state index contributed by atoms with van der Waals surface area (Å²) in [5, 5.41) is 36.5. The first-order valence-electron chi connectivity index (χ1n) is 4.22. The first-order valence-corrected chi connectivity index (χ1v) is 5.59. The highest BCUT2D eigenvalue weighted by atomic mass is 32.3. The average molecular weight is 260 g/mol. The zero-order chi connectivity index (χ0) is 12.5. The van der Waals surface area contributed by atoms with Crippen LogP contribution in [0.4, 0.5) is 0 Å². The molecule has 0 aromatic carbocycles. The predicted octanol–water partition coefficient (Wildman–Crippen LogP) is -3.39. The summed E-state index contributed by atoms with van der Waals surface area (Å²) in [5.74, 6) is 0. The van der Waals surface area contributed by atoms with E-state index < -0.39 is 47.7 Å². The van der Waals surface area contributed by atoms with Crippen LogP contribution in [0.1, 0.15) is 0 Å². The third kappa shape index (κ3) is 3.09. The van der Waals surface area contributed by atoms with Crippen LogP contribution in [0.2, 0.25) is 0 Å². The zero-order valence-corrected chi connectivity index (χ0v) is 8.69. The highest BCUT2D eigenvalue weighted by molar-refractivity contribution is 7.80. The van der Waals surface area contributed by atoms with Crippen LogP contribution in [0.5, 0.6) is 0 Å². The summed E-state index contributed by atoms with van der Waals surface area (Å²) in [5.41, 5.74) is 0. The van der Waals surface area contributed by atoms with E-state index in [1.807, 2.05) is 0 Å². The second-order valence-electron chi connectivity index (χ2n) is 3.22. The maximum atomic E-state index is 10.4. The Labute approximate surface area is 90.8 Å². The van der Waals surface area contributed by atoms with E-state index in [1.165, 1.54) is 0 Å². The van der Waals surface area contributed by atoms with Crippen LogP contribution in [0.15, 0.2) is 0 Å². The summed E-state index contributed by atoms with van der Waals surface area (Å²) in [6.07, 6.45) is -8.46. The second-order valence-corrected chi connectivity index (χ2v) is 4.27. The van der Waals surface area contributed by atoms with Gasteiger partial charge in [-0.3, -0.25) is 4.55 Å². The molecular formula is C6H12O9S. The molecule has 9 nitrogen and oxygen atoms in total. The van der Waals surface area contributed by atoms with Crippen molar-refractivity contribution in [1.29, 1.82) is 0 Å². The fraction of sp³-hybridized carbons (Fsp3) is 1.00. The monoisotopic (exact) mass is 260 g/mol. The molecular weight excluding hydrogens is 248 g/mol. The van der Waals surface area contributed by atoms with E-state index in [0.717, 1.165) is 0 Å². The van der Waals surface area contributed by atoms with Crippen LogP contribution in [0.3, 0.4) is 0 Å². The first kappa shape index (κ1) is 13.7. The van der Waals surface area contributed by atoms with Crippen molar-refractivity contribution in [1.82, 2.24) is 0 Å². The predicted molar refractivity (Wildman–Crippen MR) is 46.4 cm³/mol. The second kappa shape index (κ2) is 4.89. The maximum absolute atomic E-state index is 10.4. The van der Waals surface area contributed by atoms with E-state index in [9.17, 15) is 23.7 Å². The Hall–Kier alpha value is -0.330. The molecule has 1 aliphatic heterocycles. The first-order chi connectivity index (χ1) is 7.26. The van der Waals surface area contributed by atoms with E-state index >= 15 is 0 Å². The summed E-state index contributed by atoms with van der Waals surface area (Å²) in [4.78, 5) is 0. The van der Waals surface area contributed by atoms with Crippen LogP contribution in [0, 0.1) is 0 Å². The molecule has 0 amide bonds. The lowest BCUT2D eigenvalue weighted by Crippen LogP contribution is -2.59. The van der Waals surface area contributed by atoms with Gasteiger partial charge in [0.2, 0.25) is 6.29 Å². The van der Waals surface area contributed by atoms with Crippen molar-refractivity contribution < 1.29 is 42.3 Å². The van der Waals surface area contributed by atoms with Crippen molar-refractivity contribution in [3.8, 4) is 0 Å². The van der Waals surface area contributed by atoms with E-state index in [0.29, 0.717) is 0 Å². The van der Waals surface area contributed by atoms with Gasteiger partial charge in [0, 0.05) is 0 Å². The third-order valence-corrected chi connectivity index (χ3v) is 2.50. The van der Waals surface area contributed by atoms with Crippen molar-refractivity contribution in [2.45, 2.75) is 30.7 Å². The lowest BCUT2D eigenvalue weighted by Gasteiger charge is -2.38. The molecule has 1 saturated heterocycles. The van der Waals surface area contributed by atoms with Gasteiger partial charge in [-0.05, 0) is 0 Å². The van der Waals surface area contributed by atoms with E-state index in [1.54, 1.807) is 0 Å². The SMILES string of the molecule is O=S(=O)(O)O[C@H]1O[C@H](CO)[C@@H](O)[C@H](O)[C@@H]1O. The van der Waals surface area contributed by atoms with Crippen molar-refractivity contribution in [2.75, 3.05) is 6.61 Å². The molecule has 0 bridgehead atoms. The number of aliphatic hydroxyl groups is 4. The number of rotatable bonds is 3. The Kier molecular flexibility index (Phi) is 4.20. The Morgan fingerprint density at radius 1 is 1.12 bits per heavy atom. The summed E-state index contributed by atoms with van der Waals surface area (Å²) in [6, 6.07) is 0. The molecule has 0 spiro atoms. The molecule has 16 heavy (non-hydrogen) atoms. The van der Waals surface area contributed by atoms with E-state index in [-0.39, 0.29) is 0 Å². The smallest absolute Gasteiger partial charge is 0.394 e. The number of hydrogen-bond donors (Lipinski definition) is 5. The van der Waals surface area contributed by atoms with Gasteiger partial charge in [0.15, 0.2) is 0 Å². The summed E-state index contributed by atoms with van der Waals surface area (Å²) < 4.78 is 37.6. The highest BCUT2D eigenvalue weighted by Gasteiger charge is 2.45. The fourth-order valence-corrected chi connectivity index (χ4v) is 1.67. The van der Waals surface area contributed by atoms with Crippen LogP contribution < -0.4 is 0 Å². The number of ether oxygens (including phenoxy) is 1. The van der Waals surface area contributed by atoms with Gasteiger partial charge in [-0.15, -0.1) is 0 Å². The zero-order valence-electron chi connectivity index (χ0n) is 7.87. The van der Waals surface area contributed by atoms with Crippen LogP contribution in [-0.2, 0) is 19.3 Å². The minimum absolute atomic E-state index is 0.726. The van der Waals surface area contributed by atoms with Gasteiger partial charge in [-0.25, -0.2) is 4.18 Å². The third-order valence-electron chi connectivity index (χ3n) is 2.06. The van der Waals surface area contributed by atoms with E-state index in [4.69, 9.17) is 9.66 Å². The van der Waals surface area contributed by atoms with Gasteiger partial charge in [0.25, 0.3) is 0 Å². The molecule has 0 aliphatic carbocycles. The van der Waals surface area contributed by atoms with Crippen molar-refractivity contribution in [3.63, 3.8) is 0 Å². The summed E-state index contributed by atoms with van der Waals surface area (Å²) >= 11 is 0. The largest absolute Gasteiger partial charge is 0.399 e. The number of aliphatic hydroxyl groups excluding tert-OH is 4. The van der Waals surface area contributed by atoms with E-state index in [2.05, 4.69) is 8.92 Å². The molecule has 0 aromatic heterocycles. The minimum atomic E-state index is -4.89. The lowest BCUT2D eigenvalue weighted by molar-refractivity contribution is -0.277. The molecule has 1 fully saturated rings. The topological polar surface area (TPSA) is 154 Å². The Bertz CT molecular complexity index is 325. The van der Waals surface area contributed by atoms with Gasteiger partial charge < -0.3 is 25.2 Å². The van der Waals surface area contributed by atoms with Gasteiger partial charge in [0.1, 0.15) is 24.4 Å². The van der Waals surface area contributed by atoms with Crippen LogP contribution >= 0.6 is 0 Å². The molecule has 0 unspecified atom stereocenters. The molecule has 0 saturated carbocycles. The normalized spacial score (nSPS) is 40.9. The minimum Gasteiger partial charge on any atom is -0.394 e. The van der Waals surface area contributed by atoms with Crippen molar-refractivity contribution in [3.05, 3.63) is 0 Å².